The van der Waals surface area contributed by atoms with Crippen molar-refractivity contribution in [2.75, 3.05) is 0 Å². The van der Waals surface area contributed by atoms with Crippen molar-refractivity contribution in [2.24, 2.45) is 0 Å². The third-order valence-electron chi connectivity index (χ3n) is 1.80. The van der Waals surface area contributed by atoms with Crippen LogP contribution in [0.5, 0.6) is 0 Å². The van der Waals surface area contributed by atoms with Gasteiger partial charge in [-0.05, 0) is 0 Å². The van der Waals surface area contributed by atoms with Gasteiger partial charge >= 0.3 is 23.7 Å². The Morgan fingerprint density at radius 3 is 1.53 bits per heavy atom. The Hall–Kier alpha value is -1.30. The smallest absolute Gasteiger partial charge is 0.262 e. The standard InChI is InChI=1S/C6H2F11NO/c7-1(2(8)9)4(10,11)6(14,15)5(12,13)3(19)18(16)17/h1-2H. The molecule has 0 fully saturated rings. The quantitative estimate of drug-likeness (QED) is 0.564. The molecule has 0 N–H and O–H groups in total. The lowest BCUT2D eigenvalue weighted by Crippen LogP contribution is -2.63. The zero-order chi connectivity index (χ0) is 15.8. The minimum atomic E-state index is -7.09. The van der Waals surface area contributed by atoms with Crippen molar-refractivity contribution in [3.05, 3.63) is 0 Å². The maximum absolute atomic E-state index is 12.5. The van der Waals surface area contributed by atoms with E-state index in [2.05, 4.69) is 0 Å². The molecule has 2 nitrogen and oxygen atoms in total. The van der Waals surface area contributed by atoms with E-state index >= 15 is 0 Å². The molecular weight excluding hydrogens is 311 g/mol. The maximum atomic E-state index is 12.5. The number of alkyl halides is 9. The SMILES string of the molecule is O=C(N(F)F)C(F)(F)C(F)(F)C(F)(F)C(F)C(F)F. The van der Waals surface area contributed by atoms with Crippen LogP contribution in [-0.2, 0) is 4.79 Å². The van der Waals surface area contributed by atoms with Crippen molar-refractivity contribution in [1.82, 2.24) is 5.34 Å². The molecule has 1 unspecified atom stereocenters. The molecule has 0 spiro atoms. The topological polar surface area (TPSA) is 20.3 Å². The first kappa shape index (κ1) is 17.7. The summed E-state index contributed by atoms with van der Waals surface area (Å²) >= 11 is 0. The lowest BCUT2D eigenvalue weighted by atomic mass is 10.00. The number of carbonyl (C=O) groups excluding carboxylic acids is 1. The van der Waals surface area contributed by atoms with E-state index in [4.69, 9.17) is 0 Å². The Labute approximate surface area is 96.2 Å². The van der Waals surface area contributed by atoms with Crippen molar-refractivity contribution in [2.45, 2.75) is 30.4 Å². The van der Waals surface area contributed by atoms with Crippen molar-refractivity contribution in [1.29, 1.82) is 0 Å². The second-order valence-electron chi connectivity index (χ2n) is 3.05. The highest BCUT2D eigenvalue weighted by Gasteiger charge is 2.79. The highest BCUT2D eigenvalue weighted by molar-refractivity contribution is 5.83. The van der Waals surface area contributed by atoms with Gasteiger partial charge in [-0.25, -0.2) is 13.2 Å². The molecule has 0 aliphatic rings. The van der Waals surface area contributed by atoms with Gasteiger partial charge in [0.05, 0.1) is 0 Å². The van der Waals surface area contributed by atoms with Crippen LogP contribution >= 0.6 is 0 Å². The predicted molar refractivity (Wildman–Crippen MR) is 34.8 cm³/mol. The summed E-state index contributed by atoms with van der Waals surface area (Å²) in [6.07, 6.45) is -9.90. The molecule has 0 aromatic rings. The van der Waals surface area contributed by atoms with E-state index in [9.17, 15) is 53.3 Å². The molecule has 114 valence electrons. The Morgan fingerprint density at radius 1 is 0.895 bits per heavy atom. The largest absolute Gasteiger partial charge is 0.398 e. The summed E-state index contributed by atoms with van der Waals surface area (Å²) in [4.78, 5) is 9.95. The molecule has 0 saturated carbocycles. The predicted octanol–water partition coefficient (Wildman–Crippen LogP) is 3.09. The van der Waals surface area contributed by atoms with E-state index < -0.39 is 41.6 Å². The van der Waals surface area contributed by atoms with Crippen LogP contribution in [0.4, 0.5) is 48.5 Å². The van der Waals surface area contributed by atoms with Crippen LogP contribution in [-0.4, -0.2) is 41.6 Å². The van der Waals surface area contributed by atoms with Gasteiger partial charge in [-0.15, -0.1) is 0 Å². The summed E-state index contributed by atoms with van der Waals surface area (Å²) in [5.74, 6) is -24.7. The summed E-state index contributed by atoms with van der Waals surface area (Å²) in [6.45, 7) is 0. The van der Waals surface area contributed by atoms with Crippen LogP contribution in [0.1, 0.15) is 0 Å². The first-order valence-electron chi connectivity index (χ1n) is 3.93. The van der Waals surface area contributed by atoms with Crippen molar-refractivity contribution in [3.63, 3.8) is 0 Å². The Bertz CT molecular complexity index is 340. The molecule has 0 rings (SSSR count). The number of halogens is 11. The Morgan fingerprint density at radius 2 is 1.26 bits per heavy atom. The number of hydrogen-bond acceptors (Lipinski definition) is 1. The molecule has 13 heteroatoms. The van der Waals surface area contributed by atoms with Crippen LogP contribution < -0.4 is 0 Å². The summed E-state index contributed by atoms with van der Waals surface area (Å²) in [5, 5.41) is -3.15. The van der Waals surface area contributed by atoms with Crippen molar-refractivity contribution < 1.29 is 53.3 Å². The van der Waals surface area contributed by atoms with Crippen LogP contribution in [0.25, 0.3) is 0 Å². The third-order valence-corrected chi connectivity index (χ3v) is 1.80. The molecule has 0 aromatic heterocycles. The van der Waals surface area contributed by atoms with E-state index in [0.717, 1.165) is 0 Å². The molecule has 0 aliphatic heterocycles. The van der Waals surface area contributed by atoms with Crippen LogP contribution in [0.2, 0.25) is 0 Å². The normalized spacial score (nSPS) is 15.6. The summed E-state index contributed by atoms with van der Waals surface area (Å²) in [6, 6.07) is 0. The molecule has 19 heavy (non-hydrogen) atoms. The molecular formula is C6H2F11NO. The number of nitrogens with zero attached hydrogens (tertiary/aromatic N) is 1. The second-order valence-corrected chi connectivity index (χ2v) is 3.05. The molecule has 0 bridgehead atoms. The van der Waals surface area contributed by atoms with Crippen molar-refractivity contribution in [3.8, 4) is 0 Å². The summed E-state index contributed by atoms with van der Waals surface area (Å²) in [7, 11) is 0. The van der Waals surface area contributed by atoms with Gasteiger partial charge in [-0.2, -0.15) is 26.3 Å². The van der Waals surface area contributed by atoms with Gasteiger partial charge in [-0.1, -0.05) is 8.96 Å². The van der Waals surface area contributed by atoms with Crippen LogP contribution in [0.3, 0.4) is 0 Å². The zero-order valence-corrected chi connectivity index (χ0v) is 8.17. The van der Waals surface area contributed by atoms with Crippen molar-refractivity contribution >= 4 is 5.91 Å². The Kier molecular flexibility index (Phi) is 4.66. The average molecular weight is 313 g/mol. The average Bonchev–Trinajstić information content (AvgIpc) is 2.25. The summed E-state index contributed by atoms with van der Waals surface area (Å²) in [5.41, 5.74) is 0. The molecule has 1 amide bonds. The first-order valence-corrected chi connectivity index (χ1v) is 3.93. The first-order chi connectivity index (χ1) is 8.21. The second kappa shape index (κ2) is 5.00. The van der Waals surface area contributed by atoms with E-state index in [1.165, 1.54) is 0 Å². The minimum Gasteiger partial charge on any atom is -0.262 e. The fourth-order valence-electron chi connectivity index (χ4n) is 0.781. The highest BCUT2D eigenvalue weighted by atomic mass is 19.4. The molecule has 0 heterocycles. The van der Waals surface area contributed by atoms with Gasteiger partial charge in [-0.3, -0.25) is 4.79 Å². The number of carbonyl (C=O) groups is 1. The molecule has 0 saturated heterocycles. The van der Waals surface area contributed by atoms with Gasteiger partial charge in [0.1, 0.15) is 0 Å². The summed E-state index contributed by atoms with van der Waals surface area (Å²) < 4.78 is 133. The molecule has 0 aromatic carbocycles. The van der Waals surface area contributed by atoms with Gasteiger partial charge in [0.25, 0.3) is 6.43 Å². The maximum Gasteiger partial charge on any atom is 0.398 e. The monoisotopic (exact) mass is 313 g/mol. The van der Waals surface area contributed by atoms with E-state index in [1.54, 1.807) is 0 Å². The third kappa shape index (κ3) is 2.68. The lowest BCUT2D eigenvalue weighted by molar-refractivity contribution is -0.332. The van der Waals surface area contributed by atoms with Crippen LogP contribution in [0, 0.1) is 0 Å². The van der Waals surface area contributed by atoms with Gasteiger partial charge in [0, 0.05) is 5.34 Å². The fourth-order valence-corrected chi connectivity index (χ4v) is 0.781. The fraction of sp³-hybridized carbons (Fsp3) is 0.833. The van der Waals surface area contributed by atoms with Gasteiger partial charge in [0.15, 0.2) is 0 Å². The molecule has 1 atom stereocenters. The van der Waals surface area contributed by atoms with Crippen LogP contribution in [0.15, 0.2) is 0 Å². The minimum absolute atomic E-state index is 3.15. The number of rotatable bonds is 5. The number of hydrogen-bond donors (Lipinski definition) is 0. The zero-order valence-electron chi connectivity index (χ0n) is 8.17. The van der Waals surface area contributed by atoms with Gasteiger partial charge in [0.2, 0.25) is 6.17 Å². The van der Waals surface area contributed by atoms with E-state index in [1.807, 2.05) is 0 Å². The number of amides is 1. The highest BCUT2D eigenvalue weighted by Crippen LogP contribution is 2.49. The van der Waals surface area contributed by atoms with Gasteiger partial charge < -0.3 is 0 Å². The molecule has 0 aliphatic carbocycles. The van der Waals surface area contributed by atoms with E-state index in [0.29, 0.717) is 0 Å². The molecule has 0 radical (unpaired) electrons. The Balaban J connectivity index is 5.65. The van der Waals surface area contributed by atoms with E-state index in [-0.39, 0.29) is 0 Å². The lowest BCUT2D eigenvalue weighted by Gasteiger charge is -2.32.